The van der Waals surface area contributed by atoms with Crippen molar-refractivity contribution in [2.45, 2.75) is 41.9 Å². The topological polar surface area (TPSA) is 56.5 Å². The monoisotopic (exact) mass is 403 g/mol. The largest absolute Gasteiger partial charge is 0.247 e. The van der Waals surface area contributed by atoms with Gasteiger partial charge in [-0.2, -0.15) is 0 Å². The molecule has 0 unspecified atom stereocenters. The average molecular weight is 405 g/mol. The number of halogens is 2. The van der Waals surface area contributed by atoms with Crippen molar-refractivity contribution in [1.82, 2.24) is 25.2 Å². The summed E-state index contributed by atoms with van der Waals surface area (Å²) in [5.41, 5.74) is 0. The number of hydrogen-bond acceptors (Lipinski definition) is 5. The summed E-state index contributed by atoms with van der Waals surface area (Å²) < 4.78 is 3.82. The van der Waals surface area contributed by atoms with Gasteiger partial charge >= 0.3 is 0 Å². The Balaban J connectivity index is 1.85. The minimum atomic E-state index is 0.437. The van der Waals surface area contributed by atoms with Crippen LogP contribution in [0.1, 0.15) is 31.7 Å². The van der Waals surface area contributed by atoms with Crippen LogP contribution >= 0.6 is 43.6 Å². The summed E-state index contributed by atoms with van der Waals surface area (Å²) in [5, 5.41) is 13.7. The van der Waals surface area contributed by atoms with E-state index in [2.05, 4.69) is 52.4 Å². The maximum atomic E-state index is 4.38. The molecular weight excluding hydrogens is 394 g/mol. The van der Waals surface area contributed by atoms with E-state index in [4.69, 9.17) is 0 Å². The van der Waals surface area contributed by atoms with Gasteiger partial charge in [0.25, 0.3) is 0 Å². The standard InChI is InChI=1S/C11H11Br2N5S/c12-7-5-9(13)10(14-6-7)19-11-15-16-17-18(11)8-3-1-2-4-8/h5-6,8H,1-4H2. The SMILES string of the molecule is Brc1cnc(Sc2nnnn2C2CCCC2)c(Br)c1. The van der Waals surface area contributed by atoms with Gasteiger partial charge in [0.15, 0.2) is 0 Å². The molecule has 8 heteroatoms. The smallest absolute Gasteiger partial charge is 0.215 e. The van der Waals surface area contributed by atoms with Crippen molar-refractivity contribution in [3.05, 3.63) is 21.2 Å². The molecule has 2 aromatic rings. The molecule has 100 valence electrons. The zero-order valence-corrected chi connectivity index (χ0v) is 13.9. The Labute approximate surface area is 131 Å². The summed E-state index contributed by atoms with van der Waals surface area (Å²) in [6.45, 7) is 0. The van der Waals surface area contributed by atoms with Crippen LogP contribution < -0.4 is 0 Å². The second kappa shape index (κ2) is 5.88. The van der Waals surface area contributed by atoms with Crippen molar-refractivity contribution < 1.29 is 0 Å². The second-order valence-corrected chi connectivity index (χ2v) is 7.11. The molecule has 1 aliphatic carbocycles. The fourth-order valence-corrected chi connectivity index (χ4v) is 4.22. The van der Waals surface area contributed by atoms with Crippen LogP contribution in [0.3, 0.4) is 0 Å². The Morgan fingerprint density at radius 2 is 2.05 bits per heavy atom. The Hall–Kier alpha value is -0.470. The fraction of sp³-hybridized carbons (Fsp3) is 0.455. The third-order valence-corrected chi connectivity index (χ3v) is 5.37. The molecule has 0 aromatic carbocycles. The molecule has 0 atom stereocenters. The predicted molar refractivity (Wildman–Crippen MR) is 79.1 cm³/mol. The summed E-state index contributed by atoms with van der Waals surface area (Å²) >= 11 is 8.40. The lowest BCUT2D eigenvalue weighted by Crippen LogP contribution is -2.08. The molecule has 0 N–H and O–H groups in total. The molecule has 3 rings (SSSR count). The highest BCUT2D eigenvalue weighted by Gasteiger charge is 2.22. The molecule has 19 heavy (non-hydrogen) atoms. The van der Waals surface area contributed by atoms with Crippen molar-refractivity contribution in [1.29, 1.82) is 0 Å². The van der Waals surface area contributed by atoms with E-state index < -0.39 is 0 Å². The molecule has 0 radical (unpaired) electrons. The molecule has 0 spiro atoms. The predicted octanol–water partition coefficient (Wildman–Crippen LogP) is 3.86. The van der Waals surface area contributed by atoms with Crippen LogP contribution in [0.2, 0.25) is 0 Å². The first-order chi connectivity index (χ1) is 9.24. The molecule has 0 saturated heterocycles. The minimum Gasteiger partial charge on any atom is -0.247 e. The van der Waals surface area contributed by atoms with Gasteiger partial charge in [-0.3, -0.25) is 0 Å². The number of aromatic nitrogens is 5. The molecule has 0 amide bonds. The first-order valence-corrected chi connectivity index (χ1v) is 8.41. The summed E-state index contributed by atoms with van der Waals surface area (Å²) in [7, 11) is 0. The third kappa shape index (κ3) is 3.00. The summed E-state index contributed by atoms with van der Waals surface area (Å²) in [6, 6.07) is 2.41. The minimum absolute atomic E-state index is 0.437. The lowest BCUT2D eigenvalue weighted by atomic mass is 10.3. The highest BCUT2D eigenvalue weighted by molar-refractivity contribution is 9.11. The van der Waals surface area contributed by atoms with Crippen LogP contribution in [-0.4, -0.2) is 25.2 Å². The Bertz CT molecular complexity index is 582. The van der Waals surface area contributed by atoms with E-state index in [0.29, 0.717) is 6.04 Å². The molecule has 0 bridgehead atoms. The summed E-state index contributed by atoms with van der Waals surface area (Å²) in [4.78, 5) is 4.38. The number of nitrogens with zero attached hydrogens (tertiary/aromatic N) is 5. The lowest BCUT2D eigenvalue weighted by Gasteiger charge is -2.10. The van der Waals surface area contributed by atoms with Gasteiger partial charge in [-0.25, -0.2) is 9.67 Å². The maximum absolute atomic E-state index is 4.38. The summed E-state index contributed by atoms with van der Waals surface area (Å²) in [6.07, 6.45) is 6.61. The zero-order valence-electron chi connectivity index (χ0n) is 9.96. The number of pyridine rings is 1. The van der Waals surface area contributed by atoms with Crippen LogP contribution in [0, 0.1) is 0 Å². The zero-order chi connectivity index (χ0) is 13.2. The maximum Gasteiger partial charge on any atom is 0.215 e. The Morgan fingerprint density at radius 1 is 1.26 bits per heavy atom. The van der Waals surface area contributed by atoms with E-state index in [9.17, 15) is 0 Å². The van der Waals surface area contributed by atoms with E-state index in [-0.39, 0.29) is 0 Å². The molecule has 2 aromatic heterocycles. The van der Waals surface area contributed by atoms with Gasteiger partial charge in [-0.15, -0.1) is 5.10 Å². The van der Waals surface area contributed by atoms with Gasteiger partial charge in [-0.05, 0) is 73.0 Å². The van der Waals surface area contributed by atoms with E-state index in [1.165, 1.54) is 24.6 Å². The van der Waals surface area contributed by atoms with Crippen molar-refractivity contribution in [3.63, 3.8) is 0 Å². The van der Waals surface area contributed by atoms with E-state index in [0.717, 1.165) is 32.0 Å². The summed E-state index contributed by atoms with van der Waals surface area (Å²) in [5.74, 6) is 0. The molecule has 2 heterocycles. The van der Waals surface area contributed by atoms with Gasteiger partial charge in [0, 0.05) is 10.7 Å². The average Bonchev–Trinajstić information content (AvgIpc) is 3.03. The van der Waals surface area contributed by atoms with Gasteiger partial charge in [0.05, 0.1) is 10.5 Å². The number of hydrogen-bond donors (Lipinski definition) is 0. The molecule has 1 fully saturated rings. The quantitative estimate of drug-likeness (QED) is 0.777. The second-order valence-electron chi connectivity index (χ2n) is 4.39. The lowest BCUT2D eigenvalue weighted by molar-refractivity contribution is 0.423. The number of rotatable bonds is 3. The first kappa shape index (κ1) is 13.5. The third-order valence-electron chi connectivity index (χ3n) is 3.10. The van der Waals surface area contributed by atoms with E-state index in [1.807, 2.05) is 10.7 Å². The highest BCUT2D eigenvalue weighted by atomic mass is 79.9. The Morgan fingerprint density at radius 3 is 2.79 bits per heavy atom. The first-order valence-electron chi connectivity index (χ1n) is 6.01. The van der Waals surface area contributed by atoms with Crippen molar-refractivity contribution in [2.24, 2.45) is 0 Å². The van der Waals surface area contributed by atoms with Crippen molar-refractivity contribution in [3.8, 4) is 0 Å². The van der Waals surface area contributed by atoms with E-state index in [1.54, 1.807) is 6.20 Å². The van der Waals surface area contributed by atoms with Crippen LogP contribution in [0.4, 0.5) is 0 Å². The van der Waals surface area contributed by atoms with Gasteiger partial charge in [0.2, 0.25) is 5.16 Å². The normalized spacial score (nSPS) is 16.1. The van der Waals surface area contributed by atoms with Crippen molar-refractivity contribution in [2.75, 3.05) is 0 Å². The van der Waals surface area contributed by atoms with Crippen LogP contribution in [-0.2, 0) is 0 Å². The molecule has 0 aliphatic heterocycles. The number of tetrazole rings is 1. The molecule has 1 aliphatic rings. The van der Waals surface area contributed by atoms with Crippen LogP contribution in [0.25, 0.3) is 0 Å². The fourth-order valence-electron chi connectivity index (χ4n) is 2.19. The van der Waals surface area contributed by atoms with Crippen LogP contribution in [0.5, 0.6) is 0 Å². The van der Waals surface area contributed by atoms with E-state index >= 15 is 0 Å². The van der Waals surface area contributed by atoms with Gasteiger partial charge in [-0.1, -0.05) is 12.8 Å². The van der Waals surface area contributed by atoms with Crippen molar-refractivity contribution >= 4 is 43.6 Å². The van der Waals surface area contributed by atoms with Gasteiger partial charge < -0.3 is 0 Å². The Kier molecular flexibility index (Phi) is 4.18. The van der Waals surface area contributed by atoms with Crippen LogP contribution in [0.15, 0.2) is 31.4 Å². The highest BCUT2D eigenvalue weighted by Crippen LogP contribution is 2.35. The molecule has 1 saturated carbocycles. The molecule has 5 nitrogen and oxygen atoms in total. The van der Waals surface area contributed by atoms with Gasteiger partial charge in [0.1, 0.15) is 5.03 Å². The molecular formula is C11H11Br2N5S.